The third kappa shape index (κ3) is 4.01. The molecule has 0 aliphatic carbocycles. The summed E-state index contributed by atoms with van der Waals surface area (Å²) < 4.78 is 16.8. The van der Waals surface area contributed by atoms with E-state index in [4.69, 9.17) is 13.9 Å². The quantitative estimate of drug-likeness (QED) is 0.652. The molecule has 0 saturated carbocycles. The number of Topliss-reactive ketones (excluding diaryl/α,β-unsaturated/α-hetero) is 1. The van der Waals surface area contributed by atoms with E-state index in [-0.39, 0.29) is 23.5 Å². The van der Waals surface area contributed by atoms with E-state index in [1.54, 1.807) is 36.4 Å². The molecule has 6 heteroatoms. The first-order valence-corrected chi connectivity index (χ1v) is 9.43. The van der Waals surface area contributed by atoms with E-state index in [1.165, 1.54) is 6.92 Å². The molecule has 4 rings (SSSR count). The molecule has 1 atom stereocenters. The summed E-state index contributed by atoms with van der Waals surface area (Å²) in [4.78, 5) is 24.0. The molecule has 0 spiro atoms. The minimum absolute atomic E-state index is 0.00388. The van der Waals surface area contributed by atoms with E-state index in [9.17, 15) is 9.59 Å². The number of fused-ring (bicyclic) bond motifs is 1. The third-order valence-electron chi connectivity index (χ3n) is 4.82. The molecule has 3 aromatic rings. The van der Waals surface area contributed by atoms with Crippen molar-refractivity contribution >= 4 is 11.7 Å². The predicted molar refractivity (Wildman–Crippen MR) is 107 cm³/mol. The molecule has 1 aliphatic rings. The SMILES string of the molecule is CC(=O)c1ccc(-c2ccc(C(=O)N[C@H](C)c3ccc4c(c3)OCCO4)o2)cc1. The van der Waals surface area contributed by atoms with Gasteiger partial charge in [0.2, 0.25) is 0 Å². The van der Waals surface area contributed by atoms with Gasteiger partial charge in [0.1, 0.15) is 19.0 Å². The fourth-order valence-corrected chi connectivity index (χ4v) is 3.16. The van der Waals surface area contributed by atoms with Crippen molar-refractivity contribution in [2.24, 2.45) is 0 Å². The van der Waals surface area contributed by atoms with Crippen LogP contribution in [0.2, 0.25) is 0 Å². The van der Waals surface area contributed by atoms with E-state index in [0.717, 1.165) is 11.1 Å². The summed E-state index contributed by atoms with van der Waals surface area (Å²) in [7, 11) is 0. The lowest BCUT2D eigenvalue weighted by molar-refractivity contribution is 0.0912. The molecule has 1 amide bonds. The van der Waals surface area contributed by atoms with Crippen molar-refractivity contribution in [3.05, 3.63) is 71.5 Å². The van der Waals surface area contributed by atoms with Crippen molar-refractivity contribution in [3.63, 3.8) is 0 Å². The van der Waals surface area contributed by atoms with Gasteiger partial charge in [0.15, 0.2) is 23.0 Å². The Labute approximate surface area is 168 Å². The van der Waals surface area contributed by atoms with Crippen molar-refractivity contribution in [1.82, 2.24) is 5.32 Å². The maximum atomic E-state index is 12.6. The second-order valence-electron chi connectivity index (χ2n) is 6.90. The number of hydrogen-bond donors (Lipinski definition) is 1. The Morgan fingerprint density at radius 3 is 2.38 bits per heavy atom. The van der Waals surface area contributed by atoms with Crippen LogP contribution in [0.5, 0.6) is 11.5 Å². The predicted octanol–water partition coefficient (Wildman–Crippen LogP) is 4.41. The number of rotatable bonds is 5. The largest absolute Gasteiger partial charge is 0.486 e. The first kappa shape index (κ1) is 18.8. The number of amides is 1. The van der Waals surface area contributed by atoms with Gasteiger partial charge in [-0.3, -0.25) is 9.59 Å². The third-order valence-corrected chi connectivity index (χ3v) is 4.82. The summed E-state index contributed by atoms with van der Waals surface area (Å²) in [5.74, 6) is 1.88. The van der Waals surface area contributed by atoms with Crippen LogP contribution in [-0.2, 0) is 0 Å². The van der Waals surface area contributed by atoms with Crippen LogP contribution in [0.4, 0.5) is 0 Å². The highest BCUT2D eigenvalue weighted by Gasteiger charge is 2.18. The number of furan rings is 1. The zero-order valence-corrected chi connectivity index (χ0v) is 16.2. The summed E-state index contributed by atoms with van der Waals surface area (Å²) in [6, 6.07) is 15.9. The van der Waals surface area contributed by atoms with Gasteiger partial charge in [0.25, 0.3) is 5.91 Å². The number of carbonyl (C=O) groups is 2. The van der Waals surface area contributed by atoms with Gasteiger partial charge in [0, 0.05) is 11.1 Å². The topological polar surface area (TPSA) is 77.8 Å². The van der Waals surface area contributed by atoms with Gasteiger partial charge in [-0.05, 0) is 43.7 Å². The van der Waals surface area contributed by atoms with Crippen LogP contribution in [-0.4, -0.2) is 24.9 Å². The maximum absolute atomic E-state index is 12.6. The molecule has 2 heterocycles. The maximum Gasteiger partial charge on any atom is 0.287 e. The van der Waals surface area contributed by atoms with Crippen LogP contribution in [0, 0.1) is 0 Å². The van der Waals surface area contributed by atoms with Crippen molar-refractivity contribution in [3.8, 4) is 22.8 Å². The molecular formula is C23H21NO5. The van der Waals surface area contributed by atoms with Gasteiger partial charge < -0.3 is 19.2 Å². The van der Waals surface area contributed by atoms with Crippen molar-refractivity contribution < 1.29 is 23.5 Å². The Bertz CT molecular complexity index is 1050. The molecule has 0 saturated heterocycles. The highest BCUT2D eigenvalue weighted by Crippen LogP contribution is 2.32. The van der Waals surface area contributed by atoms with Crippen LogP contribution in [0.15, 0.2) is 59.0 Å². The Hall–Kier alpha value is -3.54. The number of carbonyl (C=O) groups excluding carboxylic acids is 2. The minimum Gasteiger partial charge on any atom is -0.486 e. The standard InChI is InChI=1S/C23H21NO5/c1-14(18-7-8-20-22(13-18)28-12-11-27-20)24-23(26)21-10-9-19(29-21)17-5-3-16(4-6-17)15(2)25/h3-10,13-14H,11-12H2,1-2H3,(H,24,26)/t14-/m1/s1. The summed E-state index contributed by atoms with van der Waals surface area (Å²) in [5.41, 5.74) is 2.34. The minimum atomic E-state index is -0.306. The molecule has 0 fully saturated rings. The van der Waals surface area contributed by atoms with Crippen molar-refractivity contribution in [1.29, 1.82) is 0 Å². The molecule has 148 valence electrons. The first-order valence-electron chi connectivity index (χ1n) is 9.43. The molecular weight excluding hydrogens is 370 g/mol. The van der Waals surface area contributed by atoms with E-state index in [1.807, 2.05) is 25.1 Å². The summed E-state index contributed by atoms with van der Waals surface area (Å²) in [6.45, 7) is 4.47. The van der Waals surface area contributed by atoms with Gasteiger partial charge in [-0.15, -0.1) is 0 Å². The lowest BCUT2D eigenvalue weighted by Crippen LogP contribution is -2.26. The average molecular weight is 391 g/mol. The normalized spacial score (nSPS) is 13.6. The molecule has 1 N–H and O–H groups in total. The molecule has 0 radical (unpaired) electrons. The second-order valence-corrected chi connectivity index (χ2v) is 6.90. The van der Waals surface area contributed by atoms with Gasteiger partial charge in [-0.1, -0.05) is 30.3 Å². The molecule has 6 nitrogen and oxygen atoms in total. The summed E-state index contributed by atoms with van der Waals surface area (Å²) in [5, 5.41) is 2.93. The number of nitrogens with one attached hydrogen (secondary N) is 1. The van der Waals surface area contributed by atoms with Crippen LogP contribution >= 0.6 is 0 Å². The van der Waals surface area contributed by atoms with E-state index < -0.39 is 0 Å². The monoisotopic (exact) mass is 391 g/mol. The molecule has 0 unspecified atom stereocenters. The van der Waals surface area contributed by atoms with Gasteiger partial charge in [0.05, 0.1) is 6.04 Å². The Morgan fingerprint density at radius 2 is 1.66 bits per heavy atom. The Morgan fingerprint density at radius 1 is 0.931 bits per heavy atom. The van der Waals surface area contributed by atoms with Gasteiger partial charge in [-0.2, -0.15) is 0 Å². The Kier molecular flexibility index (Phi) is 5.08. The van der Waals surface area contributed by atoms with Crippen LogP contribution in [0.1, 0.15) is 46.4 Å². The van der Waals surface area contributed by atoms with E-state index in [0.29, 0.717) is 36.0 Å². The fourth-order valence-electron chi connectivity index (χ4n) is 3.16. The van der Waals surface area contributed by atoms with Crippen LogP contribution < -0.4 is 14.8 Å². The highest BCUT2D eigenvalue weighted by atomic mass is 16.6. The Balaban J connectivity index is 1.45. The fraction of sp³-hybridized carbons (Fsp3) is 0.217. The second kappa shape index (κ2) is 7.83. The lowest BCUT2D eigenvalue weighted by atomic mass is 10.1. The molecule has 1 aromatic heterocycles. The van der Waals surface area contributed by atoms with Crippen molar-refractivity contribution in [2.75, 3.05) is 13.2 Å². The highest BCUT2D eigenvalue weighted by molar-refractivity contribution is 5.94. The molecule has 29 heavy (non-hydrogen) atoms. The van der Waals surface area contributed by atoms with Gasteiger partial charge in [-0.25, -0.2) is 0 Å². The number of ketones is 1. The number of hydrogen-bond acceptors (Lipinski definition) is 5. The zero-order valence-electron chi connectivity index (χ0n) is 16.2. The molecule has 0 bridgehead atoms. The average Bonchev–Trinajstić information content (AvgIpc) is 3.24. The first-order chi connectivity index (χ1) is 14.0. The van der Waals surface area contributed by atoms with Crippen LogP contribution in [0.3, 0.4) is 0 Å². The zero-order chi connectivity index (χ0) is 20.4. The number of benzene rings is 2. The molecule has 2 aromatic carbocycles. The number of ether oxygens (including phenoxy) is 2. The summed E-state index contributed by atoms with van der Waals surface area (Å²) >= 11 is 0. The van der Waals surface area contributed by atoms with Crippen molar-refractivity contribution in [2.45, 2.75) is 19.9 Å². The lowest BCUT2D eigenvalue weighted by Gasteiger charge is -2.21. The molecule has 1 aliphatic heterocycles. The van der Waals surface area contributed by atoms with E-state index in [2.05, 4.69) is 5.32 Å². The van der Waals surface area contributed by atoms with Gasteiger partial charge >= 0.3 is 0 Å². The van der Waals surface area contributed by atoms with E-state index >= 15 is 0 Å². The van der Waals surface area contributed by atoms with Crippen LogP contribution in [0.25, 0.3) is 11.3 Å². The summed E-state index contributed by atoms with van der Waals surface area (Å²) in [6.07, 6.45) is 0. The smallest absolute Gasteiger partial charge is 0.287 e.